The zero-order valence-electron chi connectivity index (χ0n) is 11.5. The number of unbranched alkanes of at least 4 members (excludes halogenated alkanes) is 2. The maximum atomic E-state index is 8.70. The molecule has 0 atom stereocenters. The average Bonchev–Trinajstić information content (AvgIpc) is 2.37. The second-order valence-corrected chi connectivity index (χ2v) is 4.78. The van der Waals surface area contributed by atoms with Crippen molar-refractivity contribution in [1.29, 1.82) is 0 Å². The maximum absolute atomic E-state index is 8.70. The molecule has 1 aromatic carbocycles. The van der Waals surface area contributed by atoms with Gasteiger partial charge in [-0.15, -0.1) is 0 Å². The topological polar surface area (TPSA) is 41.5 Å². The molecule has 1 rings (SSSR count). The van der Waals surface area contributed by atoms with Crippen LogP contribution in [0, 0.1) is 0 Å². The van der Waals surface area contributed by atoms with E-state index in [1.165, 1.54) is 5.56 Å². The van der Waals surface area contributed by atoms with E-state index in [1.54, 1.807) is 0 Å². The summed E-state index contributed by atoms with van der Waals surface area (Å²) in [6.45, 7) is 6.11. The second-order valence-electron chi connectivity index (χ2n) is 4.78. The van der Waals surface area contributed by atoms with E-state index in [0.717, 1.165) is 38.2 Å². The van der Waals surface area contributed by atoms with E-state index in [2.05, 4.69) is 25.2 Å². The Morgan fingerprint density at radius 2 is 1.94 bits per heavy atom. The summed E-state index contributed by atoms with van der Waals surface area (Å²) in [4.78, 5) is 0. The van der Waals surface area contributed by atoms with Crippen LogP contribution < -0.4 is 10.1 Å². The summed E-state index contributed by atoms with van der Waals surface area (Å²) in [7, 11) is 0. The van der Waals surface area contributed by atoms with Gasteiger partial charge in [-0.3, -0.25) is 0 Å². The number of ether oxygens (including phenoxy) is 1. The van der Waals surface area contributed by atoms with Gasteiger partial charge < -0.3 is 15.2 Å². The van der Waals surface area contributed by atoms with E-state index < -0.39 is 0 Å². The Labute approximate surface area is 110 Å². The number of rotatable bonds is 9. The lowest BCUT2D eigenvalue weighted by Crippen LogP contribution is -2.22. The highest BCUT2D eigenvalue weighted by molar-refractivity contribution is 5.33. The Morgan fingerprint density at radius 3 is 2.67 bits per heavy atom. The van der Waals surface area contributed by atoms with Crippen LogP contribution in [0.2, 0.25) is 0 Å². The van der Waals surface area contributed by atoms with Crippen LogP contribution in [0.3, 0.4) is 0 Å². The van der Waals surface area contributed by atoms with Crippen LogP contribution in [0.25, 0.3) is 0 Å². The summed E-state index contributed by atoms with van der Waals surface area (Å²) in [5.41, 5.74) is 1.20. The predicted molar refractivity (Wildman–Crippen MR) is 74.8 cm³/mol. The molecule has 0 aliphatic rings. The Kier molecular flexibility index (Phi) is 7.46. The minimum Gasteiger partial charge on any atom is -0.493 e. The molecular weight excluding hydrogens is 226 g/mol. The van der Waals surface area contributed by atoms with Crippen LogP contribution in [-0.4, -0.2) is 24.4 Å². The first-order valence-electron chi connectivity index (χ1n) is 6.79. The van der Waals surface area contributed by atoms with Crippen LogP contribution >= 0.6 is 0 Å². The van der Waals surface area contributed by atoms with Gasteiger partial charge in [-0.25, -0.2) is 0 Å². The van der Waals surface area contributed by atoms with Crippen LogP contribution in [0.15, 0.2) is 24.3 Å². The van der Waals surface area contributed by atoms with E-state index in [0.29, 0.717) is 6.04 Å². The molecule has 0 spiro atoms. The summed E-state index contributed by atoms with van der Waals surface area (Å²) in [6.07, 6.45) is 2.87. The van der Waals surface area contributed by atoms with E-state index in [1.807, 2.05) is 18.2 Å². The highest BCUT2D eigenvalue weighted by atomic mass is 16.5. The summed E-state index contributed by atoms with van der Waals surface area (Å²) in [6, 6.07) is 8.63. The first kappa shape index (κ1) is 15.0. The van der Waals surface area contributed by atoms with Gasteiger partial charge in [0.05, 0.1) is 6.61 Å². The molecule has 0 aliphatic carbocycles. The number of aliphatic hydroxyl groups is 1. The molecule has 102 valence electrons. The molecule has 0 fully saturated rings. The van der Waals surface area contributed by atoms with Crippen molar-refractivity contribution in [2.45, 2.75) is 45.7 Å². The average molecular weight is 251 g/mol. The molecule has 0 heterocycles. The minimum absolute atomic E-state index is 0.273. The lowest BCUT2D eigenvalue weighted by atomic mass is 10.2. The van der Waals surface area contributed by atoms with Crippen LogP contribution in [0.5, 0.6) is 5.75 Å². The third-order valence-electron chi connectivity index (χ3n) is 2.73. The summed E-state index contributed by atoms with van der Waals surface area (Å²) in [5, 5.41) is 12.1. The third-order valence-corrected chi connectivity index (χ3v) is 2.73. The molecule has 0 unspecified atom stereocenters. The highest BCUT2D eigenvalue weighted by Gasteiger charge is 2.03. The smallest absolute Gasteiger partial charge is 0.123 e. The number of aliphatic hydroxyl groups excluding tert-OH is 1. The molecule has 0 aromatic heterocycles. The lowest BCUT2D eigenvalue weighted by molar-refractivity contribution is 0.265. The molecule has 3 heteroatoms. The van der Waals surface area contributed by atoms with Crippen molar-refractivity contribution in [3.63, 3.8) is 0 Å². The molecule has 0 radical (unpaired) electrons. The second kappa shape index (κ2) is 8.95. The fourth-order valence-electron chi connectivity index (χ4n) is 1.68. The fourth-order valence-corrected chi connectivity index (χ4v) is 1.68. The molecule has 0 aliphatic heterocycles. The van der Waals surface area contributed by atoms with Gasteiger partial charge in [0, 0.05) is 24.8 Å². The molecule has 0 amide bonds. The van der Waals surface area contributed by atoms with Gasteiger partial charge in [-0.1, -0.05) is 32.0 Å². The Morgan fingerprint density at radius 1 is 1.17 bits per heavy atom. The van der Waals surface area contributed by atoms with E-state index >= 15 is 0 Å². The quantitative estimate of drug-likeness (QED) is 0.663. The van der Waals surface area contributed by atoms with Gasteiger partial charge in [0.1, 0.15) is 5.75 Å². The Bertz CT molecular complexity index is 326. The molecule has 2 N–H and O–H groups in total. The molecule has 0 saturated carbocycles. The molecule has 1 aromatic rings. The third kappa shape index (κ3) is 6.03. The van der Waals surface area contributed by atoms with E-state index in [9.17, 15) is 0 Å². The largest absolute Gasteiger partial charge is 0.493 e. The Balaban J connectivity index is 2.38. The zero-order chi connectivity index (χ0) is 13.2. The van der Waals surface area contributed by atoms with Crippen molar-refractivity contribution in [2.24, 2.45) is 0 Å². The van der Waals surface area contributed by atoms with Gasteiger partial charge in [-0.05, 0) is 25.3 Å². The summed E-state index contributed by atoms with van der Waals surface area (Å²) < 4.78 is 5.79. The number of hydrogen-bond acceptors (Lipinski definition) is 3. The van der Waals surface area contributed by atoms with Crippen molar-refractivity contribution in [3.05, 3.63) is 29.8 Å². The first-order chi connectivity index (χ1) is 8.74. The van der Waals surface area contributed by atoms with Crippen molar-refractivity contribution in [1.82, 2.24) is 5.32 Å². The van der Waals surface area contributed by atoms with Crippen molar-refractivity contribution in [2.75, 3.05) is 13.2 Å². The number of nitrogens with one attached hydrogen (secondary N) is 1. The lowest BCUT2D eigenvalue weighted by Gasteiger charge is -2.13. The first-order valence-corrected chi connectivity index (χ1v) is 6.79. The van der Waals surface area contributed by atoms with Gasteiger partial charge in [0.2, 0.25) is 0 Å². The minimum atomic E-state index is 0.273. The maximum Gasteiger partial charge on any atom is 0.123 e. The van der Waals surface area contributed by atoms with Crippen LogP contribution in [0.4, 0.5) is 0 Å². The molecule has 18 heavy (non-hydrogen) atoms. The van der Waals surface area contributed by atoms with Crippen molar-refractivity contribution < 1.29 is 9.84 Å². The van der Waals surface area contributed by atoms with E-state index in [4.69, 9.17) is 9.84 Å². The van der Waals surface area contributed by atoms with Crippen molar-refractivity contribution in [3.8, 4) is 5.75 Å². The van der Waals surface area contributed by atoms with Crippen molar-refractivity contribution >= 4 is 0 Å². The summed E-state index contributed by atoms with van der Waals surface area (Å²) in [5.74, 6) is 0.967. The SMILES string of the molecule is CC(C)NCc1ccccc1OCCCCCO. The van der Waals surface area contributed by atoms with E-state index in [-0.39, 0.29) is 6.61 Å². The van der Waals surface area contributed by atoms with Gasteiger partial charge in [0.15, 0.2) is 0 Å². The van der Waals surface area contributed by atoms with Gasteiger partial charge in [-0.2, -0.15) is 0 Å². The number of benzene rings is 1. The van der Waals surface area contributed by atoms with Crippen LogP contribution in [-0.2, 0) is 6.54 Å². The zero-order valence-corrected chi connectivity index (χ0v) is 11.5. The Hall–Kier alpha value is -1.06. The highest BCUT2D eigenvalue weighted by Crippen LogP contribution is 2.18. The molecular formula is C15H25NO2. The fraction of sp³-hybridized carbons (Fsp3) is 0.600. The number of para-hydroxylation sites is 1. The van der Waals surface area contributed by atoms with Gasteiger partial charge in [0.25, 0.3) is 0 Å². The predicted octanol–water partition coefficient (Wildman–Crippen LogP) is 2.73. The summed E-state index contributed by atoms with van der Waals surface area (Å²) >= 11 is 0. The molecule has 0 saturated heterocycles. The molecule has 0 bridgehead atoms. The van der Waals surface area contributed by atoms with Gasteiger partial charge >= 0.3 is 0 Å². The normalized spacial score (nSPS) is 10.9. The standard InChI is InChI=1S/C15H25NO2/c1-13(2)16-12-14-8-4-5-9-15(14)18-11-7-3-6-10-17/h4-5,8-9,13,16-17H,3,6-7,10-12H2,1-2H3. The monoisotopic (exact) mass is 251 g/mol. The molecule has 3 nitrogen and oxygen atoms in total. The van der Waals surface area contributed by atoms with Crippen LogP contribution in [0.1, 0.15) is 38.7 Å². The number of hydrogen-bond donors (Lipinski definition) is 2.